The Kier molecular flexibility index (Phi) is 6.48. The van der Waals surface area contributed by atoms with E-state index in [2.05, 4.69) is 20.8 Å². The van der Waals surface area contributed by atoms with Gasteiger partial charge in [-0.3, -0.25) is 0 Å². The summed E-state index contributed by atoms with van der Waals surface area (Å²) in [6.07, 6.45) is -1.62. The molecule has 1 unspecified atom stereocenters. The lowest BCUT2D eigenvalue weighted by Crippen LogP contribution is -2.55. The van der Waals surface area contributed by atoms with Gasteiger partial charge in [-0.2, -0.15) is 0 Å². The number of ether oxygens (including phenoxy) is 2. The third-order valence-corrected chi connectivity index (χ3v) is 2.49. The minimum atomic E-state index is -0.839. The Morgan fingerprint density at radius 1 is 1.31 bits per heavy atom. The first kappa shape index (κ1) is 15.8. The first-order valence-corrected chi connectivity index (χ1v) is 5.79. The molecule has 0 amide bonds. The second-order valence-electron chi connectivity index (χ2n) is 5.19. The van der Waals surface area contributed by atoms with Gasteiger partial charge in [0.1, 0.15) is 6.10 Å². The minimum Gasteiger partial charge on any atom is -0.387 e. The second kappa shape index (κ2) is 6.55. The Morgan fingerprint density at radius 3 is 2.12 bits per heavy atom. The Balaban J connectivity index is 0.000000487. The van der Waals surface area contributed by atoms with E-state index in [-0.39, 0.29) is 0 Å². The fourth-order valence-corrected chi connectivity index (χ4v) is 1.54. The summed E-state index contributed by atoms with van der Waals surface area (Å²) in [7, 11) is 1.52. The molecule has 0 saturated carbocycles. The fourth-order valence-electron chi connectivity index (χ4n) is 1.54. The van der Waals surface area contributed by atoms with Gasteiger partial charge >= 0.3 is 0 Å². The van der Waals surface area contributed by atoms with Crippen LogP contribution in [0.3, 0.4) is 0 Å². The molecule has 1 heterocycles. The van der Waals surface area contributed by atoms with Crippen LogP contribution in [0.4, 0.5) is 0 Å². The van der Waals surface area contributed by atoms with E-state index < -0.39 is 24.1 Å². The Morgan fingerprint density at radius 2 is 1.75 bits per heavy atom. The molecular formula is C12H26O4. The lowest BCUT2D eigenvalue weighted by atomic mass is 9.89. The zero-order chi connectivity index (χ0) is 12.9. The molecule has 0 bridgehead atoms. The average Bonchev–Trinajstić information content (AvgIpc) is 2.13. The highest BCUT2D eigenvalue weighted by Gasteiger charge is 2.44. The topological polar surface area (TPSA) is 58.9 Å². The highest BCUT2D eigenvalue weighted by Crippen LogP contribution is 2.30. The molecule has 1 aliphatic heterocycles. The van der Waals surface area contributed by atoms with Gasteiger partial charge in [-0.1, -0.05) is 20.8 Å². The van der Waals surface area contributed by atoms with Crippen LogP contribution in [0.1, 0.15) is 41.0 Å². The molecule has 0 spiro atoms. The van der Waals surface area contributed by atoms with Crippen LogP contribution < -0.4 is 0 Å². The summed E-state index contributed by atoms with van der Waals surface area (Å²) in [6, 6.07) is 0. The molecule has 4 atom stereocenters. The standard InChI is InChI=1S/C8H16O4.C4H10/c1-5-7(10)8(2,11-3)4-6(9)12-5;1-4(2)3/h5-7,9-10H,4H2,1-3H3;4H,1-3H3/t5?,6-,7+,8-;/m1./s1. The zero-order valence-corrected chi connectivity index (χ0v) is 11.2. The van der Waals surface area contributed by atoms with Gasteiger partial charge in [-0.25, -0.2) is 0 Å². The lowest BCUT2D eigenvalue weighted by Gasteiger charge is -2.42. The second-order valence-corrected chi connectivity index (χ2v) is 5.19. The van der Waals surface area contributed by atoms with Gasteiger partial charge in [-0.15, -0.1) is 0 Å². The molecule has 0 radical (unpaired) electrons. The van der Waals surface area contributed by atoms with Crippen molar-refractivity contribution in [3.05, 3.63) is 0 Å². The van der Waals surface area contributed by atoms with Crippen molar-refractivity contribution in [3.8, 4) is 0 Å². The molecule has 1 saturated heterocycles. The number of hydrogen-bond acceptors (Lipinski definition) is 4. The average molecular weight is 234 g/mol. The van der Waals surface area contributed by atoms with E-state index in [1.54, 1.807) is 13.8 Å². The highest BCUT2D eigenvalue weighted by molar-refractivity contribution is 4.91. The maximum atomic E-state index is 9.65. The van der Waals surface area contributed by atoms with Gasteiger partial charge in [0.05, 0.1) is 11.7 Å². The van der Waals surface area contributed by atoms with E-state index >= 15 is 0 Å². The van der Waals surface area contributed by atoms with Crippen LogP contribution in [0.15, 0.2) is 0 Å². The number of aliphatic hydroxyl groups excluding tert-OH is 2. The molecule has 2 N–H and O–H groups in total. The highest BCUT2D eigenvalue weighted by atomic mass is 16.6. The Bertz CT molecular complexity index is 193. The molecule has 1 rings (SSSR count). The van der Waals surface area contributed by atoms with Gasteiger partial charge in [0, 0.05) is 13.5 Å². The zero-order valence-electron chi connectivity index (χ0n) is 11.2. The molecule has 16 heavy (non-hydrogen) atoms. The maximum Gasteiger partial charge on any atom is 0.157 e. The molecule has 4 heteroatoms. The quantitative estimate of drug-likeness (QED) is 0.722. The molecule has 4 nitrogen and oxygen atoms in total. The van der Waals surface area contributed by atoms with Crippen molar-refractivity contribution < 1.29 is 19.7 Å². The Labute approximate surface area is 98.6 Å². The largest absolute Gasteiger partial charge is 0.387 e. The molecule has 1 fully saturated rings. The van der Waals surface area contributed by atoms with E-state index in [4.69, 9.17) is 9.47 Å². The summed E-state index contributed by atoms with van der Waals surface area (Å²) in [5.74, 6) is 0.833. The molecule has 98 valence electrons. The van der Waals surface area contributed by atoms with Crippen molar-refractivity contribution in [3.63, 3.8) is 0 Å². The fraction of sp³-hybridized carbons (Fsp3) is 1.00. The molecule has 0 aromatic heterocycles. The van der Waals surface area contributed by atoms with E-state index in [0.29, 0.717) is 6.42 Å². The summed E-state index contributed by atoms with van der Waals surface area (Å²) >= 11 is 0. The van der Waals surface area contributed by atoms with E-state index in [0.717, 1.165) is 5.92 Å². The van der Waals surface area contributed by atoms with Crippen LogP contribution in [0, 0.1) is 5.92 Å². The summed E-state index contributed by atoms with van der Waals surface area (Å²) in [4.78, 5) is 0. The molecule has 0 aromatic rings. The van der Waals surface area contributed by atoms with Crippen molar-refractivity contribution in [2.75, 3.05) is 7.11 Å². The van der Waals surface area contributed by atoms with Gasteiger partial charge < -0.3 is 19.7 Å². The van der Waals surface area contributed by atoms with Crippen LogP contribution >= 0.6 is 0 Å². The smallest absolute Gasteiger partial charge is 0.157 e. The monoisotopic (exact) mass is 234 g/mol. The predicted molar refractivity (Wildman–Crippen MR) is 63.1 cm³/mol. The Hall–Kier alpha value is -0.160. The summed E-state index contributed by atoms with van der Waals surface area (Å²) < 4.78 is 10.2. The summed E-state index contributed by atoms with van der Waals surface area (Å²) in [6.45, 7) is 9.98. The molecule has 1 aliphatic rings. The number of rotatable bonds is 1. The van der Waals surface area contributed by atoms with E-state index in [1.807, 2.05) is 0 Å². The lowest BCUT2D eigenvalue weighted by molar-refractivity contribution is -0.263. The van der Waals surface area contributed by atoms with Crippen molar-refractivity contribution in [2.24, 2.45) is 5.92 Å². The van der Waals surface area contributed by atoms with Crippen molar-refractivity contribution in [1.82, 2.24) is 0 Å². The van der Waals surface area contributed by atoms with Crippen LogP contribution in [0.25, 0.3) is 0 Å². The van der Waals surface area contributed by atoms with Gasteiger partial charge in [0.25, 0.3) is 0 Å². The maximum absolute atomic E-state index is 9.65. The normalized spacial score (nSPS) is 39.2. The molecule has 0 aliphatic carbocycles. The molecule has 0 aromatic carbocycles. The van der Waals surface area contributed by atoms with Gasteiger partial charge in [0.15, 0.2) is 6.29 Å². The summed E-state index contributed by atoms with van der Waals surface area (Å²) in [5.41, 5.74) is -0.697. The van der Waals surface area contributed by atoms with E-state index in [9.17, 15) is 10.2 Å². The van der Waals surface area contributed by atoms with Gasteiger partial charge in [0.2, 0.25) is 0 Å². The van der Waals surface area contributed by atoms with E-state index in [1.165, 1.54) is 7.11 Å². The van der Waals surface area contributed by atoms with Crippen LogP contribution in [-0.4, -0.2) is 41.4 Å². The minimum absolute atomic E-state index is 0.301. The van der Waals surface area contributed by atoms with Crippen molar-refractivity contribution >= 4 is 0 Å². The molecular weight excluding hydrogens is 208 g/mol. The SMILES string of the molecule is CC(C)C.CO[C@]1(C)C[C@H](O)OC(C)[C@@H]1O. The predicted octanol–water partition coefficient (Wildman–Crippen LogP) is 1.54. The first-order chi connectivity index (χ1) is 7.23. The number of hydrogen-bond donors (Lipinski definition) is 2. The van der Waals surface area contributed by atoms with Crippen molar-refractivity contribution in [1.29, 1.82) is 0 Å². The van der Waals surface area contributed by atoms with Crippen LogP contribution in [0.5, 0.6) is 0 Å². The third kappa shape index (κ3) is 4.78. The number of aliphatic hydroxyl groups is 2. The van der Waals surface area contributed by atoms with Gasteiger partial charge in [-0.05, 0) is 19.8 Å². The third-order valence-electron chi connectivity index (χ3n) is 2.49. The summed E-state index contributed by atoms with van der Waals surface area (Å²) in [5, 5.41) is 18.9. The number of methoxy groups -OCH3 is 1. The van der Waals surface area contributed by atoms with Crippen LogP contribution in [0.2, 0.25) is 0 Å². The van der Waals surface area contributed by atoms with Crippen molar-refractivity contribution in [2.45, 2.75) is 65.1 Å². The first-order valence-electron chi connectivity index (χ1n) is 5.79. The van der Waals surface area contributed by atoms with Crippen LogP contribution in [-0.2, 0) is 9.47 Å².